The molecule has 2 aromatic carbocycles. The first kappa shape index (κ1) is 37.7. The number of hydrogen-bond donors (Lipinski definition) is 4. The lowest BCUT2D eigenvalue weighted by molar-refractivity contribution is -0.138. The van der Waals surface area contributed by atoms with Gasteiger partial charge in [-0.1, -0.05) is 0 Å². The third kappa shape index (κ3) is 9.03. The number of anilines is 2. The molecule has 52 heavy (non-hydrogen) atoms. The van der Waals surface area contributed by atoms with Gasteiger partial charge in [-0.2, -0.15) is 10.5 Å². The second-order valence-electron chi connectivity index (χ2n) is 12.9. The number of carbonyl (C=O) groups excluding carboxylic acids is 2. The highest BCUT2D eigenvalue weighted by Crippen LogP contribution is 2.30. The van der Waals surface area contributed by atoms with Crippen LogP contribution in [0, 0.1) is 22.7 Å². The second kappa shape index (κ2) is 17.1. The van der Waals surface area contributed by atoms with Crippen molar-refractivity contribution in [1.29, 1.82) is 10.5 Å². The molecule has 4 N–H and O–H groups in total. The Labute approximate surface area is 301 Å². The molecule has 2 aromatic heterocycles. The lowest BCUT2D eigenvalue weighted by Crippen LogP contribution is -2.53. The minimum atomic E-state index is -0.653. The van der Waals surface area contributed by atoms with Crippen LogP contribution in [-0.4, -0.2) is 118 Å². The smallest absolute Gasteiger partial charge is 0.251 e. The first-order chi connectivity index (χ1) is 25.0. The zero-order valence-corrected chi connectivity index (χ0v) is 29.4. The number of fused-ring (bicyclic) bond motifs is 2. The Kier molecular flexibility index (Phi) is 12.4. The van der Waals surface area contributed by atoms with Gasteiger partial charge in [-0.15, -0.1) is 0 Å². The molecule has 272 valence electrons. The maximum atomic E-state index is 12.3. The zero-order chi connectivity index (χ0) is 37.4. The molecule has 6 rings (SSSR count). The zero-order valence-electron chi connectivity index (χ0n) is 29.4. The van der Waals surface area contributed by atoms with E-state index in [9.17, 15) is 30.3 Å². The Morgan fingerprint density at radius 1 is 0.712 bits per heavy atom. The maximum Gasteiger partial charge on any atom is 0.251 e. The van der Waals surface area contributed by atoms with Gasteiger partial charge < -0.3 is 40.1 Å². The summed E-state index contributed by atoms with van der Waals surface area (Å²) in [4.78, 5) is 46.1. The van der Waals surface area contributed by atoms with Crippen LogP contribution in [0.2, 0.25) is 0 Å². The van der Waals surface area contributed by atoms with E-state index in [2.05, 4.69) is 42.7 Å². The van der Waals surface area contributed by atoms with Crippen LogP contribution in [0.3, 0.4) is 0 Å². The number of carbonyl (C=O) groups is 2. The molecule has 0 saturated carbocycles. The van der Waals surface area contributed by atoms with Crippen LogP contribution in [0.5, 0.6) is 0 Å². The Morgan fingerprint density at radius 2 is 1.08 bits per heavy atom. The highest BCUT2D eigenvalue weighted by atomic mass is 16.5. The van der Waals surface area contributed by atoms with Gasteiger partial charge in [-0.25, -0.2) is 0 Å². The Balaban J connectivity index is 0.000000201. The predicted molar refractivity (Wildman–Crippen MR) is 191 cm³/mol. The molecule has 0 bridgehead atoms. The quantitative estimate of drug-likeness (QED) is 0.202. The Bertz CT molecular complexity index is 1840. The molecule has 2 amide bonds. The monoisotopic (exact) mass is 710 g/mol. The van der Waals surface area contributed by atoms with Gasteiger partial charge in [0.05, 0.1) is 60.0 Å². The summed E-state index contributed by atoms with van der Waals surface area (Å²) in [5.74, 6) is -0.516. The fourth-order valence-corrected chi connectivity index (χ4v) is 6.09. The standard InChI is InChI=1S/2C18H21N5O3/c2*1-11(24)8-22-18(25)15-10-23(9-12(2)26-15)14-4-3-13(7-19)16-17(14)21-6-5-20-16/h2*3-6,11-12,15,24H,8-10H2,1-2H3,(H,22,25)/t2*11-,12?,15?/m00/s1. The highest BCUT2D eigenvalue weighted by molar-refractivity contribution is 5.93. The van der Waals surface area contributed by atoms with E-state index in [1.807, 2.05) is 35.8 Å². The van der Waals surface area contributed by atoms with Gasteiger partial charge in [0.25, 0.3) is 11.8 Å². The summed E-state index contributed by atoms with van der Waals surface area (Å²) < 4.78 is 11.5. The third-order valence-corrected chi connectivity index (χ3v) is 8.38. The SMILES string of the molecule is CC1CN(c2ccc(C#N)c3nccnc23)CC(C(=O)NC[C@H](C)O)O1.CC1CN(c2ccc(C#N)c3nccnc23)CC(C(=O)NC[C@H](C)O)O1. The molecule has 2 fully saturated rings. The van der Waals surface area contributed by atoms with Crippen molar-refractivity contribution < 1.29 is 29.3 Å². The number of hydrogen-bond acceptors (Lipinski definition) is 14. The molecule has 4 aromatic rings. The summed E-state index contributed by atoms with van der Waals surface area (Å²) in [5, 5.41) is 42.6. The van der Waals surface area contributed by atoms with E-state index in [0.717, 1.165) is 11.4 Å². The summed E-state index contributed by atoms with van der Waals surface area (Å²) in [6.07, 6.45) is 3.43. The fourth-order valence-electron chi connectivity index (χ4n) is 6.09. The highest BCUT2D eigenvalue weighted by Gasteiger charge is 2.33. The summed E-state index contributed by atoms with van der Waals surface area (Å²) in [5.41, 5.74) is 4.90. The van der Waals surface area contributed by atoms with E-state index < -0.39 is 24.4 Å². The molecule has 0 spiro atoms. The second-order valence-corrected chi connectivity index (χ2v) is 12.9. The van der Waals surface area contributed by atoms with Crippen molar-refractivity contribution in [3.05, 3.63) is 60.2 Å². The summed E-state index contributed by atoms with van der Waals surface area (Å²) in [6.45, 7) is 9.28. The van der Waals surface area contributed by atoms with Crippen molar-refractivity contribution in [2.45, 2.75) is 64.3 Å². The van der Waals surface area contributed by atoms with Crippen LogP contribution in [-0.2, 0) is 19.1 Å². The molecule has 2 saturated heterocycles. The third-order valence-electron chi connectivity index (χ3n) is 8.38. The topological polar surface area (TPSA) is 223 Å². The summed E-state index contributed by atoms with van der Waals surface area (Å²) in [6, 6.07) is 11.4. The number of nitrogens with zero attached hydrogens (tertiary/aromatic N) is 8. The molecule has 16 heteroatoms. The molecular weight excluding hydrogens is 668 g/mol. The van der Waals surface area contributed by atoms with Crippen LogP contribution in [0.4, 0.5) is 11.4 Å². The van der Waals surface area contributed by atoms with Gasteiger partial charge in [-0.3, -0.25) is 29.5 Å². The molecule has 2 aliphatic heterocycles. The minimum absolute atomic E-state index is 0.159. The van der Waals surface area contributed by atoms with E-state index in [1.54, 1.807) is 50.8 Å². The molecule has 4 unspecified atom stereocenters. The molecule has 2 aliphatic rings. The van der Waals surface area contributed by atoms with Gasteiger partial charge in [0.1, 0.15) is 34.2 Å². The Hall–Kier alpha value is -5.52. The minimum Gasteiger partial charge on any atom is -0.392 e. The number of morpholine rings is 2. The van der Waals surface area contributed by atoms with Crippen molar-refractivity contribution in [2.24, 2.45) is 0 Å². The normalized spacial score (nSPS) is 21.2. The average molecular weight is 711 g/mol. The van der Waals surface area contributed by atoms with E-state index >= 15 is 0 Å². The first-order valence-electron chi connectivity index (χ1n) is 17.0. The van der Waals surface area contributed by atoms with Gasteiger partial charge in [0, 0.05) is 51.0 Å². The number of ether oxygens (including phenoxy) is 2. The number of aliphatic hydroxyl groups excluding tert-OH is 2. The van der Waals surface area contributed by atoms with Gasteiger partial charge >= 0.3 is 0 Å². The molecule has 4 heterocycles. The van der Waals surface area contributed by atoms with Crippen molar-refractivity contribution in [1.82, 2.24) is 30.6 Å². The average Bonchev–Trinajstić information content (AvgIpc) is 3.14. The number of rotatable bonds is 8. The van der Waals surface area contributed by atoms with E-state index in [4.69, 9.17) is 9.47 Å². The van der Waals surface area contributed by atoms with E-state index in [0.29, 0.717) is 59.4 Å². The largest absolute Gasteiger partial charge is 0.392 e. The van der Waals surface area contributed by atoms with Crippen LogP contribution in [0.25, 0.3) is 22.1 Å². The van der Waals surface area contributed by atoms with Crippen LogP contribution in [0.1, 0.15) is 38.8 Å². The van der Waals surface area contributed by atoms with Crippen molar-refractivity contribution in [3.63, 3.8) is 0 Å². The number of benzene rings is 2. The number of amides is 2. The van der Waals surface area contributed by atoms with Crippen molar-refractivity contribution in [2.75, 3.05) is 49.1 Å². The summed E-state index contributed by atoms with van der Waals surface area (Å²) in [7, 11) is 0. The number of nitrogens with one attached hydrogen (secondary N) is 2. The van der Waals surface area contributed by atoms with E-state index in [-0.39, 0.29) is 37.1 Å². The molecule has 0 aliphatic carbocycles. The van der Waals surface area contributed by atoms with Crippen molar-refractivity contribution >= 4 is 45.3 Å². The van der Waals surface area contributed by atoms with Crippen molar-refractivity contribution in [3.8, 4) is 12.1 Å². The number of nitriles is 2. The van der Waals surface area contributed by atoms with Crippen LogP contribution < -0.4 is 20.4 Å². The first-order valence-corrected chi connectivity index (χ1v) is 17.0. The van der Waals surface area contributed by atoms with Gasteiger partial charge in [0.15, 0.2) is 12.2 Å². The predicted octanol–water partition coefficient (Wildman–Crippen LogP) is 1.18. The summed E-state index contributed by atoms with van der Waals surface area (Å²) >= 11 is 0. The van der Waals surface area contributed by atoms with Gasteiger partial charge in [0.2, 0.25) is 0 Å². The number of aromatic nitrogens is 4. The van der Waals surface area contributed by atoms with Gasteiger partial charge in [-0.05, 0) is 52.0 Å². The van der Waals surface area contributed by atoms with Crippen LogP contribution in [0.15, 0.2) is 49.1 Å². The van der Waals surface area contributed by atoms with E-state index in [1.165, 1.54) is 0 Å². The fraction of sp³-hybridized carbons (Fsp3) is 0.444. The lowest BCUT2D eigenvalue weighted by Gasteiger charge is -2.37. The van der Waals surface area contributed by atoms with Crippen LogP contribution >= 0.6 is 0 Å². The lowest BCUT2D eigenvalue weighted by atomic mass is 10.1. The molecular formula is C36H42N10O6. The molecule has 16 nitrogen and oxygen atoms in total. The molecule has 6 atom stereocenters. The number of aliphatic hydroxyl groups is 2. The Morgan fingerprint density at radius 3 is 1.42 bits per heavy atom. The maximum absolute atomic E-state index is 12.3. The molecule has 0 radical (unpaired) electrons.